The average molecular weight is 279 g/mol. The minimum Gasteiger partial charge on any atom is -0.399 e. The summed E-state index contributed by atoms with van der Waals surface area (Å²) in [4.78, 5) is 25.9. The smallest absolute Gasteiger partial charge is 0.243 e. The molecule has 5 nitrogen and oxygen atoms in total. The normalized spacial score (nSPS) is 17.2. The standard InChI is InChI=1S/C13H17N3O2S/c1-13(2)12(18)16(6-5-11(15)17)9-4-3-8(14)7-10(9)19-13/h3-4,7H,5-6,14H2,1-2H3,(H2,15,17). The number of thioether (sulfide) groups is 1. The fraction of sp³-hybridized carbons (Fsp3) is 0.385. The molecule has 0 spiro atoms. The van der Waals surface area contributed by atoms with E-state index in [1.807, 2.05) is 26.0 Å². The molecule has 1 aliphatic heterocycles. The summed E-state index contributed by atoms with van der Waals surface area (Å²) in [5, 5.41) is 0. The minimum absolute atomic E-state index is 0.0176. The van der Waals surface area contributed by atoms with Gasteiger partial charge < -0.3 is 16.4 Å². The molecule has 19 heavy (non-hydrogen) atoms. The van der Waals surface area contributed by atoms with Crippen LogP contribution < -0.4 is 16.4 Å². The number of nitrogen functional groups attached to an aromatic ring is 1. The van der Waals surface area contributed by atoms with Crippen LogP contribution in [0.2, 0.25) is 0 Å². The molecular weight excluding hydrogens is 262 g/mol. The summed E-state index contributed by atoms with van der Waals surface area (Å²) in [5.74, 6) is -0.433. The molecule has 0 bridgehead atoms. The van der Waals surface area contributed by atoms with Crippen LogP contribution in [0.15, 0.2) is 23.1 Å². The monoisotopic (exact) mass is 279 g/mol. The maximum atomic E-state index is 12.4. The highest BCUT2D eigenvalue weighted by Gasteiger charge is 2.39. The Morgan fingerprint density at radius 1 is 1.42 bits per heavy atom. The number of benzene rings is 1. The van der Waals surface area contributed by atoms with E-state index in [0.717, 1.165) is 10.6 Å². The second-order valence-electron chi connectivity index (χ2n) is 5.01. The van der Waals surface area contributed by atoms with Crippen LogP contribution in [0.3, 0.4) is 0 Å². The van der Waals surface area contributed by atoms with Crippen molar-refractivity contribution in [3.05, 3.63) is 18.2 Å². The zero-order valence-corrected chi connectivity index (χ0v) is 11.8. The molecular formula is C13H17N3O2S. The Balaban J connectivity index is 2.40. The predicted octanol–water partition coefficient (Wildman–Crippen LogP) is 1.36. The molecule has 0 atom stereocenters. The molecule has 0 saturated carbocycles. The average Bonchev–Trinajstić information content (AvgIpc) is 2.29. The third-order valence-electron chi connectivity index (χ3n) is 2.98. The number of hydrogen-bond donors (Lipinski definition) is 2. The van der Waals surface area contributed by atoms with Crippen LogP contribution in [-0.4, -0.2) is 23.1 Å². The van der Waals surface area contributed by atoms with Gasteiger partial charge in [-0.2, -0.15) is 0 Å². The molecule has 1 aromatic rings. The van der Waals surface area contributed by atoms with E-state index in [0.29, 0.717) is 12.2 Å². The van der Waals surface area contributed by atoms with Gasteiger partial charge in [-0.1, -0.05) is 0 Å². The van der Waals surface area contributed by atoms with Gasteiger partial charge in [-0.25, -0.2) is 0 Å². The minimum atomic E-state index is -0.571. The first kappa shape index (κ1) is 13.7. The molecule has 1 aromatic carbocycles. The van der Waals surface area contributed by atoms with E-state index in [-0.39, 0.29) is 12.3 Å². The van der Waals surface area contributed by atoms with Gasteiger partial charge in [0.1, 0.15) is 0 Å². The van der Waals surface area contributed by atoms with Gasteiger partial charge in [0.25, 0.3) is 0 Å². The van der Waals surface area contributed by atoms with Crippen molar-refractivity contribution in [3.8, 4) is 0 Å². The lowest BCUT2D eigenvalue weighted by atomic mass is 10.1. The molecule has 0 radical (unpaired) electrons. The van der Waals surface area contributed by atoms with Gasteiger partial charge in [-0.15, -0.1) is 11.8 Å². The maximum absolute atomic E-state index is 12.4. The van der Waals surface area contributed by atoms with E-state index in [4.69, 9.17) is 11.5 Å². The molecule has 0 fully saturated rings. The van der Waals surface area contributed by atoms with Crippen molar-refractivity contribution >= 4 is 35.0 Å². The van der Waals surface area contributed by atoms with Crippen molar-refractivity contribution in [1.29, 1.82) is 0 Å². The second kappa shape index (κ2) is 4.77. The molecule has 2 rings (SSSR count). The van der Waals surface area contributed by atoms with Crippen molar-refractivity contribution in [2.75, 3.05) is 17.2 Å². The summed E-state index contributed by atoms with van der Waals surface area (Å²) in [6, 6.07) is 5.42. The highest BCUT2D eigenvalue weighted by Crippen LogP contribution is 2.45. The first-order chi connectivity index (χ1) is 8.81. The molecule has 1 heterocycles. The van der Waals surface area contributed by atoms with Crippen molar-refractivity contribution in [1.82, 2.24) is 0 Å². The number of amides is 2. The van der Waals surface area contributed by atoms with Gasteiger partial charge in [0.15, 0.2) is 0 Å². The number of hydrogen-bond acceptors (Lipinski definition) is 4. The summed E-state index contributed by atoms with van der Waals surface area (Å²) >= 11 is 1.49. The summed E-state index contributed by atoms with van der Waals surface area (Å²) in [6.07, 6.45) is 0.149. The molecule has 0 saturated heterocycles. The highest BCUT2D eigenvalue weighted by atomic mass is 32.2. The summed E-state index contributed by atoms with van der Waals surface area (Å²) in [6.45, 7) is 4.03. The number of carbonyl (C=O) groups is 2. The largest absolute Gasteiger partial charge is 0.399 e. The van der Waals surface area contributed by atoms with Gasteiger partial charge >= 0.3 is 0 Å². The number of rotatable bonds is 3. The number of carbonyl (C=O) groups excluding carboxylic acids is 2. The predicted molar refractivity (Wildman–Crippen MR) is 77.0 cm³/mol. The van der Waals surface area contributed by atoms with E-state index in [1.165, 1.54) is 11.8 Å². The first-order valence-corrected chi connectivity index (χ1v) is 6.82. The van der Waals surface area contributed by atoms with Crippen LogP contribution in [0.5, 0.6) is 0 Å². The summed E-state index contributed by atoms with van der Waals surface area (Å²) in [5.41, 5.74) is 12.4. The molecule has 1 aliphatic rings. The van der Waals surface area contributed by atoms with E-state index in [9.17, 15) is 9.59 Å². The Hall–Kier alpha value is -1.69. The van der Waals surface area contributed by atoms with Crippen molar-refractivity contribution in [2.24, 2.45) is 5.73 Å². The van der Waals surface area contributed by atoms with Gasteiger partial charge in [0.2, 0.25) is 11.8 Å². The van der Waals surface area contributed by atoms with Crippen LogP contribution in [0, 0.1) is 0 Å². The summed E-state index contributed by atoms with van der Waals surface area (Å²) < 4.78 is -0.571. The Morgan fingerprint density at radius 2 is 2.11 bits per heavy atom. The van der Waals surface area contributed by atoms with E-state index >= 15 is 0 Å². The van der Waals surface area contributed by atoms with Crippen LogP contribution >= 0.6 is 11.8 Å². The van der Waals surface area contributed by atoms with Crippen LogP contribution in [0.4, 0.5) is 11.4 Å². The third-order valence-corrected chi connectivity index (χ3v) is 4.21. The molecule has 0 unspecified atom stereocenters. The molecule has 6 heteroatoms. The van der Waals surface area contributed by atoms with Gasteiger partial charge in [-0.05, 0) is 32.0 Å². The van der Waals surface area contributed by atoms with Crippen LogP contribution in [0.25, 0.3) is 0 Å². The van der Waals surface area contributed by atoms with Crippen molar-refractivity contribution in [2.45, 2.75) is 29.9 Å². The zero-order chi connectivity index (χ0) is 14.2. The molecule has 0 aliphatic carbocycles. The van der Waals surface area contributed by atoms with Gasteiger partial charge in [0, 0.05) is 23.5 Å². The van der Waals surface area contributed by atoms with Crippen LogP contribution in [0.1, 0.15) is 20.3 Å². The van der Waals surface area contributed by atoms with Crippen molar-refractivity contribution < 1.29 is 9.59 Å². The molecule has 0 aromatic heterocycles. The SMILES string of the molecule is CC1(C)Sc2cc(N)ccc2N(CCC(N)=O)C1=O. The van der Waals surface area contributed by atoms with E-state index in [2.05, 4.69) is 0 Å². The highest BCUT2D eigenvalue weighted by molar-refractivity contribution is 8.01. The zero-order valence-electron chi connectivity index (χ0n) is 11.0. The maximum Gasteiger partial charge on any atom is 0.243 e. The first-order valence-electron chi connectivity index (χ1n) is 6.00. The molecule has 2 amide bonds. The van der Waals surface area contributed by atoms with E-state index in [1.54, 1.807) is 11.0 Å². The van der Waals surface area contributed by atoms with Gasteiger partial charge in [0.05, 0.1) is 10.4 Å². The number of nitrogens with zero attached hydrogens (tertiary/aromatic N) is 1. The fourth-order valence-corrected chi connectivity index (χ4v) is 3.26. The number of anilines is 2. The lowest BCUT2D eigenvalue weighted by Gasteiger charge is -2.38. The quantitative estimate of drug-likeness (QED) is 0.818. The van der Waals surface area contributed by atoms with E-state index < -0.39 is 10.7 Å². The third kappa shape index (κ3) is 2.68. The second-order valence-corrected chi connectivity index (χ2v) is 6.68. The molecule has 4 N–H and O–H groups in total. The van der Waals surface area contributed by atoms with Crippen molar-refractivity contribution in [3.63, 3.8) is 0 Å². The van der Waals surface area contributed by atoms with Gasteiger partial charge in [-0.3, -0.25) is 9.59 Å². The van der Waals surface area contributed by atoms with Crippen LogP contribution in [-0.2, 0) is 9.59 Å². The summed E-state index contributed by atoms with van der Waals surface area (Å²) in [7, 11) is 0. The Kier molecular flexibility index (Phi) is 3.45. The number of fused-ring (bicyclic) bond motifs is 1. The molecule has 102 valence electrons. The lowest BCUT2D eigenvalue weighted by Crippen LogP contribution is -2.47. The Bertz CT molecular complexity index is 543. The topological polar surface area (TPSA) is 89.4 Å². The number of nitrogens with two attached hydrogens (primary N) is 2. The lowest BCUT2D eigenvalue weighted by molar-refractivity contribution is -0.120. The fourth-order valence-electron chi connectivity index (χ4n) is 2.03. The Morgan fingerprint density at radius 3 is 2.74 bits per heavy atom. The number of primary amides is 1. The Labute approximate surface area is 116 Å².